The van der Waals surface area contributed by atoms with Gasteiger partial charge in [0.1, 0.15) is 0 Å². The zero-order valence-electron chi connectivity index (χ0n) is 12.7. The van der Waals surface area contributed by atoms with Gasteiger partial charge in [0.2, 0.25) is 12.5 Å². The molecule has 0 radical (unpaired) electrons. The maximum atomic E-state index is 5.35. The van der Waals surface area contributed by atoms with Crippen molar-refractivity contribution >= 4 is 23.5 Å². The first-order valence-corrected chi connectivity index (χ1v) is 7.11. The molecule has 7 nitrogen and oxygen atoms in total. The van der Waals surface area contributed by atoms with Crippen molar-refractivity contribution in [2.24, 2.45) is 5.10 Å². The molecule has 0 bridgehead atoms. The van der Waals surface area contributed by atoms with Crippen molar-refractivity contribution in [2.45, 2.75) is 13.0 Å². The first-order valence-electron chi connectivity index (χ1n) is 6.70. The van der Waals surface area contributed by atoms with Crippen LogP contribution < -0.4 is 25.0 Å². The van der Waals surface area contributed by atoms with Gasteiger partial charge < -0.3 is 24.3 Å². The van der Waals surface area contributed by atoms with Gasteiger partial charge in [-0.1, -0.05) is 0 Å². The Labute approximate surface area is 134 Å². The lowest BCUT2D eigenvalue weighted by atomic mass is 10.2. The molecule has 0 saturated heterocycles. The molecule has 0 aromatic heterocycles. The first kappa shape index (κ1) is 16.3. The molecule has 2 N–H and O–H groups in total. The Bertz CT molecular complexity index is 565. The second-order valence-corrected chi connectivity index (χ2v) is 5.07. The number of fused-ring (bicyclic) bond motifs is 1. The summed E-state index contributed by atoms with van der Waals surface area (Å²) >= 11 is 5.13. The molecule has 1 aliphatic rings. The van der Waals surface area contributed by atoms with Crippen molar-refractivity contribution < 1.29 is 18.9 Å². The summed E-state index contributed by atoms with van der Waals surface area (Å²) in [5, 5.41) is 7.55. The third-order valence-corrected chi connectivity index (χ3v) is 3.06. The van der Waals surface area contributed by atoms with Crippen molar-refractivity contribution in [1.29, 1.82) is 0 Å². The molecule has 0 unspecified atom stereocenters. The number of nitrogens with one attached hydrogen (secondary N) is 2. The summed E-state index contributed by atoms with van der Waals surface area (Å²) < 4.78 is 21.0. The second-order valence-electron chi connectivity index (χ2n) is 4.66. The third-order valence-electron chi connectivity index (χ3n) is 2.85. The summed E-state index contributed by atoms with van der Waals surface area (Å²) in [6.07, 6.45) is 1.62. The molecule has 2 rings (SSSR count). The number of ether oxygens (including phenoxy) is 4. The summed E-state index contributed by atoms with van der Waals surface area (Å²) in [5.74, 6) is 1.85. The molecule has 1 aromatic carbocycles. The Morgan fingerprint density at radius 2 is 2.27 bits per heavy atom. The summed E-state index contributed by atoms with van der Waals surface area (Å²) in [5.41, 5.74) is 3.55. The molecule has 22 heavy (non-hydrogen) atoms. The van der Waals surface area contributed by atoms with Crippen molar-refractivity contribution in [2.75, 3.05) is 27.6 Å². The van der Waals surface area contributed by atoms with E-state index in [1.807, 2.05) is 19.1 Å². The monoisotopic (exact) mass is 325 g/mol. The van der Waals surface area contributed by atoms with E-state index in [4.69, 9.17) is 31.2 Å². The van der Waals surface area contributed by atoms with E-state index in [2.05, 4.69) is 15.8 Å². The van der Waals surface area contributed by atoms with E-state index < -0.39 is 0 Å². The fourth-order valence-electron chi connectivity index (χ4n) is 1.94. The molecule has 1 atom stereocenters. The second kappa shape index (κ2) is 7.81. The topological polar surface area (TPSA) is 73.3 Å². The molecule has 8 heteroatoms. The van der Waals surface area contributed by atoms with E-state index in [1.165, 1.54) is 0 Å². The summed E-state index contributed by atoms with van der Waals surface area (Å²) in [7, 11) is 3.21. The minimum atomic E-state index is 0.103. The molecule has 1 aliphatic heterocycles. The standard InChI is InChI=1S/C14H19N3O4S/c1-9(7-18-2)16-14(22)17-15-6-10-4-11(19-3)13-12(5-10)20-8-21-13/h4-6,9H,7-8H2,1-3H3,(H2,16,17,22)/b15-6-/t9-/m1/s1. The summed E-state index contributed by atoms with van der Waals surface area (Å²) in [6, 6.07) is 3.73. The Balaban J connectivity index is 1.95. The number of rotatable bonds is 6. The predicted molar refractivity (Wildman–Crippen MR) is 86.9 cm³/mol. The lowest BCUT2D eigenvalue weighted by Gasteiger charge is -2.13. The average Bonchev–Trinajstić information content (AvgIpc) is 2.94. The van der Waals surface area contributed by atoms with Gasteiger partial charge >= 0.3 is 0 Å². The van der Waals surface area contributed by atoms with E-state index in [-0.39, 0.29) is 12.8 Å². The average molecular weight is 325 g/mol. The van der Waals surface area contributed by atoms with E-state index in [1.54, 1.807) is 20.4 Å². The Morgan fingerprint density at radius 3 is 3.00 bits per heavy atom. The number of thiocarbonyl (C=S) groups is 1. The zero-order chi connectivity index (χ0) is 15.9. The lowest BCUT2D eigenvalue weighted by Crippen LogP contribution is -2.40. The summed E-state index contributed by atoms with van der Waals surface area (Å²) in [4.78, 5) is 0. The molecular weight excluding hydrogens is 306 g/mol. The van der Waals surface area contributed by atoms with E-state index in [0.717, 1.165) is 5.56 Å². The number of hydrazone groups is 1. The van der Waals surface area contributed by atoms with Crippen LogP contribution in [0.5, 0.6) is 17.2 Å². The highest BCUT2D eigenvalue weighted by molar-refractivity contribution is 7.80. The molecule has 1 heterocycles. The Kier molecular flexibility index (Phi) is 5.79. The molecular formula is C14H19N3O4S. The quantitative estimate of drug-likeness (QED) is 0.463. The smallest absolute Gasteiger partial charge is 0.231 e. The Morgan fingerprint density at radius 1 is 1.45 bits per heavy atom. The van der Waals surface area contributed by atoms with Crippen LogP contribution in [0.4, 0.5) is 0 Å². The van der Waals surface area contributed by atoms with Gasteiger partial charge in [-0.2, -0.15) is 5.10 Å². The normalized spacial score (nSPS) is 14.0. The van der Waals surface area contributed by atoms with Crippen LogP contribution in [0, 0.1) is 0 Å². The zero-order valence-corrected chi connectivity index (χ0v) is 13.5. The van der Waals surface area contributed by atoms with Crippen molar-refractivity contribution in [3.05, 3.63) is 17.7 Å². The maximum absolute atomic E-state index is 5.35. The van der Waals surface area contributed by atoms with Gasteiger partial charge in [0.05, 0.1) is 19.9 Å². The number of hydrogen-bond donors (Lipinski definition) is 2. The Hall–Kier alpha value is -2.06. The molecule has 0 amide bonds. The highest BCUT2D eigenvalue weighted by Crippen LogP contribution is 2.41. The molecule has 120 valence electrons. The molecule has 0 spiro atoms. The van der Waals surface area contributed by atoms with E-state index in [0.29, 0.717) is 29.0 Å². The van der Waals surface area contributed by atoms with E-state index >= 15 is 0 Å². The first-order chi connectivity index (χ1) is 10.6. The van der Waals surface area contributed by atoms with Crippen molar-refractivity contribution in [3.8, 4) is 17.2 Å². The van der Waals surface area contributed by atoms with Crippen molar-refractivity contribution in [1.82, 2.24) is 10.7 Å². The molecule has 0 aliphatic carbocycles. The van der Waals surface area contributed by atoms with Crippen LogP contribution in [0.1, 0.15) is 12.5 Å². The van der Waals surface area contributed by atoms with Crippen LogP contribution in [0.15, 0.2) is 17.2 Å². The number of methoxy groups -OCH3 is 2. The minimum Gasteiger partial charge on any atom is -0.493 e. The van der Waals surface area contributed by atoms with Gasteiger partial charge in [0.25, 0.3) is 0 Å². The molecule has 0 fully saturated rings. The van der Waals surface area contributed by atoms with Crippen LogP contribution in [0.2, 0.25) is 0 Å². The van der Waals surface area contributed by atoms with Gasteiger partial charge in [0, 0.05) is 18.7 Å². The minimum absolute atomic E-state index is 0.103. The predicted octanol–water partition coefficient (Wildman–Crippen LogP) is 1.26. The fraction of sp³-hybridized carbons (Fsp3) is 0.429. The van der Waals surface area contributed by atoms with Crippen LogP contribution in [-0.2, 0) is 4.74 Å². The van der Waals surface area contributed by atoms with Crippen LogP contribution in [-0.4, -0.2) is 45.0 Å². The van der Waals surface area contributed by atoms with Gasteiger partial charge in [-0.15, -0.1) is 0 Å². The maximum Gasteiger partial charge on any atom is 0.231 e. The van der Waals surface area contributed by atoms with Gasteiger partial charge in [-0.25, -0.2) is 0 Å². The molecule has 1 aromatic rings. The van der Waals surface area contributed by atoms with Gasteiger partial charge in [0.15, 0.2) is 16.6 Å². The van der Waals surface area contributed by atoms with Gasteiger partial charge in [-0.3, -0.25) is 5.43 Å². The number of benzene rings is 1. The summed E-state index contributed by atoms with van der Waals surface area (Å²) in [6.45, 7) is 2.71. The van der Waals surface area contributed by atoms with Crippen molar-refractivity contribution in [3.63, 3.8) is 0 Å². The fourth-order valence-corrected chi connectivity index (χ4v) is 2.19. The number of hydrogen-bond acceptors (Lipinski definition) is 6. The molecule has 0 saturated carbocycles. The lowest BCUT2D eigenvalue weighted by molar-refractivity contribution is 0.171. The van der Waals surface area contributed by atoms with E-state index in [9.17, 15) is 0 Å². The SMILES string of the molecule is COC[C@@H](C)NC(=S)N/N=C\c1cc(OC)c2c(c1)OCO2. The van der Waals surface area contributed by atoms with Crippen LogP contribution >= 0.6 is 12.2 Å². The largest absolute Gasteiger partial charge is 0.493 e. The van der Waals surface area contributed by atoms with Crippen LogP contribution in [0.3, 0.4) is 0 Å². The highest BCUT2D eigenvalue weighted by Gasteiger charge is 2.19. The highest BCUT2D eigenvalue weighted by atomic mass is 32.1. The number of nitrogens with zero attached hydrogens (tertiary/aromatic N) is 1. The third kappa shape index (κ3) is 4.22. The van der Waals surface area contributed by atoms with Crippen LogP contribution in [0.25, 0.3) is 0 Å². The van der Waals surface area contributed by atoms with Gasteiger partial charge in [-0.05, 0) is 31.3 Å².